The molecule has 0 radical (unpaired) electrons. The zero-order chi connectivity index (χ0) is 14.7. The van der Waals surface area contributed by atoms with E-state index in [1.54, 1.807) is 0 Å². The predicted octanol–water partition coefficient (Wildman–Crippen LogP) is 1.20. The van der Waals surface area contributed by atoms with Gasteiger partial charge < -0.3 is 20.5 Å². The van der Waals surface area contributed by atoms with E-state index in [1.807, 2.05) is 11.0 Å². The van der Waals surface area contributed by atoms with Gasteiger partial charge in [-0.3, -0.25) is 0 Å². The highest BCUT2D eigenvalue weighted by atomic mass is 32.1. The van der Waals surface area contributed by atoms with E-state index >= 15 is 0 Å². The van der Waals surface area contributed by atoms with E-state index in [1.165, 1.54) is 18.4 Å². The van der Waals surface area contributed by atoms with Gasteiger partial charge in [0.2, 0.25) is 0 Å². The molecule has 20 heavy (non-hydrogen) atoms. The fourth-order valence-electron chi connectivity index (χ4n) is 2.36. The van der Waals surface area contributed by atoms with Crippen molar-refractivity contribution in [3.05, 3.63) is 10.4 Å². The van der Waals surface area contributed by atoms with E-state index in [4.69, 9.17) is 20.8 Å². The molecule has 0 unspecified atom stereocenters. The number of anilines is 2. The molecule has 1 aliphatic heterocycles. The Balaban J connectivity index is 2.32. The number of aliphatic hydroxyl groups excluding tert-OH is 1. The van der Waals surface area contributed by atoms with Gasteiger partial charge in [-0.2, -0.15) is 5.26 Å². The molecule has 1 aromatic heterocycles. The largest absolute Gasteiger partial charge is 0.465 e. The maximum Gasteiger partial charge on any atom is 0.343 e. The van der Waals surface area contributed by atoms with Crippen LogP contribution in [0.2, 0.25) is 0 Å². The molecule has 1 fully saturated rings. The fourth-order valence-corrected chi connectivity index (χ4v) is 3.41. The average Bonchev–Trinajstić information content (AvgIpc) is 2.83. The number of nitrogen functional groups attached to an aromatic ring is 1. The number of hydrogen-bond donors (Lipinski definition) is 2. The monoisotopic (exact) mass is 295 g/mol. The van der Waals surface area contributed by atoms with Crippen molar-refractivity contribution in [1.82, 2.24) is 0 Å². The molecule has 0 bridgehead atoms. The lowest BCUT2D eigenvalue weighted by Gasteiger charge is -2.32. The first-order valence-electron chi connectivity index (χ1n) is 6.38. The summed E-state index contributed by atoms with van der Waals surface area (Å²) in [6.45, 7) is 1.66. The number of nitriles is 1. The number of nitrogens with zero attached hydrogens (tertiary/aromatic N) is 2. The molecular formula is C13H17N3O3S. The highest BCUT2D eigenvalue weighted by molar-refractivity contribution is 7.17. The standard InChI is InChI=1S/C13H17N3O3S/c1-19-13(18)10-11(15)9(6-14)20-12(10)16-4-2-8(7-17)3-5-16/h8,17H,2-5,7,15H2,1H3. The van der Waals surface area contributed by atoms with Crippen molar-refractivity contribution < 1.29 is 14.6 Å². The fraction of sp³-hybridized carbons (Fsp3) is 0.538. The Kier molecular flexibility index (Phi) is 4.47. The van der Waals surface area contributed by atoms with E-state index in [2.05, 4.69) is 0 Å². The summed E-state index contributed by atoms with van der Waals surface area (Å²) in [6, 6.07) is 2.01. The first-order valence-corrected chi connectivity index (χ1v) is 7.20. The number of methoxy groups -OCH3 is 1. The van der Waals surface area contributed by atoms with Crippen molar-refractivity contribution in [2.24, 2.45) is 5.92 Å². The molecule has 108 valence electrons. The first-order chi connectivity index (χ1) is 9.62. The first kappa shape index (κ1) is 14.6. The summed E-state index contributed by atoms with van der Waals surface area (Å²) in [5, 5.41) is 18.9. The molecule has 1 saturated heterocycles. The van der Waals surface area contributed by atoms with Crippen LogP contribution in [0.25, 0.3) is 0 Å². The van der Waals surface area contributed by atoms with Crippen LogP contribution in [0.1, 0.15) is 28.1 Å². The zero-order valence-corrected chi connectivity index (χ0v) is 12.1. The average molecular weight is 295 g/mol. The van der Waals surface area contributed by atoms with Crippen molar-refractivity contribution in [1.29, 1.82) is 5.26 Å². The molecule has 2 rings (SSSR count). The number of ether oxygens (including phenoxy) is 1. The van der Waals surface area contributed by atoms with Gasteiger partial charge in [0, 0.05) is 19.7 Å². The van der Waals surface area contributed by atoms with E-state index in [9.17, 15) is 4.79 Å². The Morgan fingerprint density at radius 3 is 2.75 bits per heavy atom. The molecule has 2 heterocycles. The Morgan fingerprint density at radius 1 is 1.60 bits per heavy atom. The summed E-state index contributed by atoms with van der Waals surface area (Å²) in [5.41, 5.74) is 6.36. The van der Waals surface area contributed by atoms with Crippen molar-refractivity contribution in [3.8, 4) is 6.07 Å². The SMILES string of the molecule is COC(=O)c1c(N2CCC(CO)CC2)sc(C#N)c1N. The summed E-state index contributed by atoms with van der Waals surface area (Å²) in [6.07, 6.45) is 1.72. The number of rotatable bonds is 3. The molecule has 7 heteroatoms. The topological polar surface area (TPSA) is 99.6 Å². The molecule has 0 amide bonds. The molecule has 0 aliphatic carbocycles. The van der Waals surface area contributed by atoms with Crippen molar-refractivity contribution in [2.75, 3.05) is 37.4 Å². The van der Waals surface area contributed by atoms with Gasteiger partial charge in [-0.1, -0.05) is 0 Å². The van der Waals surface area contributed by atoms with Crippen LogP contribution in [0.3, 0.4) is 0 Å². The zero-order valence-electron chi connectivity index (χ0n) is 11.3. The summed E-state index contributed by atoms with van der Waals surface area (Å²) < 4.78 is 4.76. The van der Waals surface area contributed by atoms with Crippen LogP contribution in [0.15, 0.2) is 0 Å². The summed E-state index contributed by atoms with van der Waals surface area (Å²) in [5.74, 6) is -0.208. The van der Waals surface area contributed by atoms with E-state index < -0.39 is 5.97 Å². The summed E-state index contributed by atoms with van der Waals surface area (Å²) in [4.78, 5) is 14.3. The van der Waals surface area contributed by atoms with Gasteiger partial charge in [-0.05, 0) is 18.8 Å². The van der Waals surface area contributed by atoms with Gasteiger partial charge in [0.05, 0.1) is 12.8 Å². The van der Waals surface area contributed by atoms with Gasteiger partial charge in [-0.15, -0.1) is 11.3 Å². The van der Waals surface area contributed by atoms with E-state index in [-0.39, 0.29) is 17.9 Å². The third kappa shape index (κ3) is 2.57. The number of thiophene rings is 1. The van der Waals surface area contributed by atoms with Crippen LogP contribution in [0.5, 0.6) is 0 Å². The van der Waals surface area contributed by atoms with Crippen LogP contribution >= 0.6 is 11.3 Å². The predicted molar refractivity (Wildman–Crippen MR) is 76.8 cm³/mol. The lowest BCUT2D eigenvalue weighted by Crippen LogP contribution is -2.35. The smallest absolute Gasteiger partial charge is 0.343 e. The summed E-state index contributed by atoms with van der Waals surface area (Å²) in [7, 11) is 1.30. The molecule has 6 nitrogen and oxygen atoms in total. The maximum atomic E-state index is 11.9. The third-order valence-corrected chi connectivity index (χ3v) is 4.75. The molecule has 3 N–H and O–H groups in total. The molecule has 0 aromatic carbocycles. The molecule has 1 aromatic rings. The molecule has 0 spiro atoms. The van der Waals surface area contributed by atoms with Gasteiger partial charge in [0.25, 0.3) is 0 Å². The Bertz CT molecular complexity index is 542. The molecule has 0 atom stereocenters. The van der Waals surface area contributed by atoms with Crippen LogP contribution in [0.4, 0.5) is 10.7 Å². The second kappa shape index (κ2) is 6.11. The van der Waals surface area contributed by atoms with Crippen LogP contribution in [-0.4, -0.2) is 37.9 Å². The normalized spacial score (nSPS) is 15.9. The Morgan fingerprint density at radius 2 is 2.25 bits per heavy atom. The number of hydrogen-bond acceptors (Lipinski definition) is 7. The van der Waals surface area contributed by atoms with E-state index in [0.717, 1.165) is 25.9 Å². The van der Waals surface area contributed by atoms with E-state index in [0.29, 0.717) is 15.8 Å². The van der Waals surface area contributed by atoms with Gasteiger partial charge in [-0.25, -0.2) is 4.79 Å². The summed E-state index contributed by atoms with van der Waals surface area (Å²) >= 11 is 1.22. The number of piperidine rings is 1. The number of carbonyl (C=O) groups excluding carboxylic acids is 1. The van der Waals surface area contributed by atoms with Crippen LogP contribution in [0, 0.1) is 17.2 Å². The number of nitrogens with two attached hydrogens (primary N) is 1. The minimum atomic E-state index is -0.514. The lowest BCUT2D eigenvalue weighted by atomic mass is 9.98. The Hall–Kier alpha value is -1.78. The quantitative estimate of drug-likeness (QED) is 0.813. The molecule has 1 aliphatic rings. The third-order valence-electron chi connectivity index (χ3n) is 3.58. The second-order valence-corrected chi connectivity index (χ2v) is 5.74. The minimum Gasteiger partial charge on any atom is -0.465 e. The highest BCUT2D eigenvalue weighted by Gasteiger charge is 2.28. The number of aliphatic hydroxyl groups is 1. The highest BCUT2D eigenvalue weighted by Crippen LogP contribution is 2.39. The van der Waals surface area contributed by atoms with Gasteiger partial charge in [0.15, 0.2) is 0 Å². The minimum absolute atomic E-state index is 0.188. The maximum absolute atomic E-state index is 11.9. The number of carbonyl (C=O) groups is 1. The van der Waals surface area contributed by atoms with Crippen LogP contribution < -0.4 is 10.6 Å². The second-order valence-electron chi connectivity index (χ2n) is 4.74. The Labute approximate surface area is 121 Å². The van der Waals surface area contributed by atoms with Crippen molar-refractivity contribution >= 4 is 28.0 Å². The van der Waals surface area contributed by atoms with Crippen molar-refractivity contribution in [2.45, 2.75) is 12.8 Å². The molecular weight excluding hydrogens is 278 g/mol. The van der Waals surface area contributed by atoms with Crippen LogP contribution in [-0.2, 0) is 4.74 Å². The van der Waals surface area contributed by atoms with Gasteiger partial charge in [0.1, 0.15) is 21.5 Å². The van der Waals surface area contributed by atoms with Crippen molar-refractivity contribution in [3.63, 3.8) is 0 Å². The molecule has 0 saturated carbocycles. The van der Waals surface area contributed by atoms with Gasteiger partial charge >= 0.3 is 5.97 Å². The lowest BCUT2D eigenvalue weighted by molar-refractivity contribution is 0.0603. The number of esters is 1.